The van der Waals surface area contributed by atoms with E-state index in [0.29, 0.717) is 5.69 Å². The number of methoxy groups -OCH3 is 1. The Morgan fingerprint density at radius 2 is 1.91 bits per heavy atom. The highest BCUT2D eigenvalue weighted by Crippen LogP contribution is 2.24. The van der Waals surface area contributed by atoms with Gasteiger partial charge in [0.15, 0.2) is 12.0 Å². The van der Waals surface area contributed by atoms with Gasteiger partial charge < -0.3 is 9.64 Å². The van der Waals surface area contributed by atoms with Gasteiger partial charge in [-0.2, -0.15) is 0 Å². The van der Waals surface area contributed by atoms with Crippen molar-refractivity contribution in [3.8, 4) is 17.0 Å². The second-order valence-corrected chi connectivity index (χ2v) is 5.44. The number of carbonyl (C=O) groups excluding carboxylic acids is 1. The lowest BCUT2D eigenvalue weighted by atomic mass is 10.1. The zero-order chi connectivity index (χ0) is 15.4. The van der Waals surface area contributed by atoms with Crippen molar-refractivity contribution >= 4 is 6.29 Å². The lowest BCUT2D eigenvalue weighted by Crippen LogP contribution is -2.24. The summed E-state index contributed by atoms with van der Waals surface area (Å²) in [5.41, 5.74) is 2.08. The normalized spacial score (nSPS) is 15.1. The molecule has 1 aromatic heterocycles. The Hall–Kier alpha value is -2.21. The lowest BCUT2D eigenvalue weighted by molar-refractivity contribution is 0.111. The van der Waals surface area contributed by atoms with Crippen molar-refractivity contribution in [2.75, 3.05) is 26.7 Å². The largest absolute Gasteiger partial charge is 0.497 e. The van der Waals surface area contributed by atoms with Crippen LogP contribution in [0.2, 0.25) is 0 Å². The molecule has 0 aliphatic carbocycles. The minimum atomic E-state index is 0.381. The molecule has 0 N–H and O–H groups in total. The molecular weight excluding hydrogens is 280 g/mol. The fourth-order valence-electron chi connectivity index (χ4n) is 2.85. The summed E-state index contributed by atoms with van der Waals surface area (Å²) in [6.45, 7) is 3.97. The van der Waals surface area contributed by atoms with Crippen LogP contribution in [-0.4, -0.2) is 52.9 Å². The minimum Gasteiger partial charge on any atom is -0.497 e. The molecular formula is C16H20N4O2. The number of aldehydes is 1. The maximum atomic E-state index is 11.2. The number of rotatable bonds is 6. The Kier molecular flexibility index (Phi) is 4.48. The number of ether oxygens (including phenoxy) is 1. The van der Waals surface area contributed by atoms with Crippen molar-refractivity contribution in [2.45, 2.75) is 19.4 Å². The van der Waals surface area contributed by atoms with E-state index in [0.717, 1.165) is 49.5 Å². The van der Waals surface area contributed by atoms with E-state index in [1.165, 1.54) is 12.8 Å². The predicted molar refractivity (Wildman–Crippen MR) is 83.1 cm³/mol. The maximum Gasteiger partial charge on any atom is 0.172 e. The monoisotopic (exact) mass is 300 g/mol. The number of aromatic nitrogens is 3. The molecule has 1 aliphatic rings. The van der Waals surface area contributed by atoms with E-state index in [9.17, 15) is 4.79 Å². The first-order valence-electron chi connectivity index (χ1n) is 7.57. The van der Waals surface area contributed by atoms with E-state index in [2.05, 4.69) is 15.2 Å². The van der Waals surface area contributed by atoms with Crippen molar-refractivity contribution in [1.29, 1.82) is 0 Å². The van der Waals surface area contributed by atoms with Crippen LogP contribution < -0.4 is 4.74 Å². The van der Waals surface area contributed by atoms with Crippen molar-refractivity contribution in [1.82, 2.24) is 19.9 Å². The molecule has 2 heterocycles. The Morgan fingerprint density at radius 1 is 1.18 bits per heavy atom. The van der Waals surface area contributed by atoms with Gasteiger partial charge in [0, 0.05) is 12.1 Å². The quantitative estimate of drug-likeness (QED) is 0.762. The molecule has 1 aliphatic heterocycles. The molecule has 0 radical (unpaired) electrons. The summed E-state index contributed by atoms with van der Waals surface area (Å²) >= 11 is 0. The molecule has 6 heteroatoms. The summed E-state index contributed by atoms with van der Waals surface area (Å²) in [6, 6.07) is 7.61. The van der Waals surface area contributed by atoms with E-state index in [-0.39, 0.29) is 0 Å². The molecule has 0 amide bonds. The van der Waals surface area contributed by atoms with E-state index in [4.69, 9.17) is 4.74 Å². The van der Waals surface area contributed by atoms with Gasteiger partial charge >= 0.3 is 0 Å². The van der Waals surface area contributed by atoms with Crippen LogP contribution in [0, 0.1) is 0 Å². The fourth-order valence-corrected chi connectivity index (χ4v) is 2.85. The van der Waals surface area contributed by atoms with Crippen LogP contribution in [0.1, 0.15) is 23.3 Å². The van der Waals surface area contributed by atoms with Gasteiger partial charge in [-0.25, -0.2) is 4.68 Å². The highest BCUT2D eigenvalue weighted by atomic mass is 16.5. The molecule has 6 nitrogen and oxygen atoms in total. The van der Waals surface area contributed by atoms with Gasteiger partial charge in [0.05, 0.1) is 19.3 Å². The van der Waals surface area contributed by atoms with Gasteiger partial charge in [0.2, 0.25) is 0 Å². The van der Waals surface area contributed by atoms with Crippen LogP contribution in [0.3, 0.4) is 0 Å². The second kappa shape index (κ2) is 6.70. The SMILES string of the molecule is COc1ccc(-c2c(C=O)nnn2CCN2CCCC2)cc1. The van der Waals surface area contributed by atoms with Crippen LogP contribution in [0.25, 0.3) is 11.3 Å². The van der Waals surface area contributed by atoms with Crippen LogP contribution in [0.5, 0.6) is 5.75 Å². The predicted octanol–water partition coefficient (Wildman–Crippen LogP) is 1.86. The Labute approximate surface area is 129 Å². The van der Waals surface area contributed by atoms with E-state index in [1.54, 1.807) is 7.11 Å². The first kappa shape index (κ1) is 14.7. The minimum absolute atomic E-state index is 0.381. The van der Waals surface area contributed by atoms with Crippen molar-refractivity contribution in [3.63, 3.8) is 0 Å². The molecule has 3 rings (SSSR count). The van der Waals surface area contributed by atoms with Crippen molar-refractivity contribution in [2.24, 2.45) is 0 Å². The highest BCUT2D eigenvalue weighted by molar-refractivity contribution is 5.83. The van der Waals surface area contributed by atoms with Crippen LogP contribution in [0.15, 0.2) is 24.3 Å². The van der Waals surface area contributed by atoms with Gasteiger partial charge in [-0.05, 0) is 50.2 Å². The molecule has 0 bridgehead atoms. The van der Waals surface area contributed by atoms with Gasteiger partial charge in [0.25, 0.3) is 0 Å². The van der Waals surface area contributed by atoms with E-state index in [1.807, 2.05) is 28.9 Å². The van der Waals surface area contributed by atoms with Crippen molar-refractivity contribution in [3.05, 3.63) is 30.0 Å². The molecule has 2 aromatic rings. The molecule has 0 spiro atoms. The summed E-state index contributed by atoms with van der Waals surface area (Å²) in [5.74, 6) is 0.785. The molecule has 0 saturated carbocycles. The number of nitrogens with zero attached hydrogens (tertiary/aromatic N) is 4. The summed E-state index contributed by atoms with van der Waals surface area (Å²) < 4.78 is 7.00. The number of likely N-dealkylation sites (tertiary alicyclic amines) is 1. The average molecular weight is 300 g/mol. The third-order valence-corrected chi connectivity index (χ3v) is 4.06. The standard InChI is InChI=1S/C16H20N4O2/c1-22-14-6-4-13(5-7-14)16-15(12-21)17-18-20(16)11-10-19-8-2-3-9-19/h4-7,12H,2-3,8-11H2,1H3. The second-order valence-electron chi connectivity index (χ2n) is 5.44. The summed E-state index contributed by atoms with van der Waals surface area (Å²) in [7, 11) is 1.63. The zero-order valence-corrected chi connectivity index (χ0v) is 12.7. The average Bonchev–Trinajstić information content (AvgIpc) is 3.22. The van der Waals surface area contributed by atoms with Gasteiger partial charge in [-0.3, -0.25) is 4.79 Å². The van der Waals surface area contributed by atoms with Gasteiger partial charge in [-0.15, -0.1) is 5.10 Å². The van der Waals surface area contributed by atoms with Crippen LogP contribution >= 0.6 is 0 Å². The molecule has 1 fully saturated rings. The molecule has 116 valence electrons. The number of hydrogen-bond acceptors (Lipinski definition) is 5. The Morgan fingerprint density at radius 3 is 2.55 bits per heavy atom. The summed E-state index contributed by atoms with van der Waals surface area (Å²) in [5, 5.41) is 8.14. The molecule has 22 heavy (non-hydrogen) atoms. The van der Waals surface area contributed by atoms with Crippen LogP contribution in [0.4, 0.5) is 0 Å². The first-order chi connectivity index (χ1) is 10.8. The summed E-state index contributed by atoms with van der Waals surface area (Å²) in [6.07, 6.45) is 3.30. The number of carbonyl (C=O) groups is 1. The Bertz CT molecular complexity index is 630. The smallest absolute Gasteiger partial charge is 0.172 e. The lowest BCUT2D eigenvalue weighted by Gasteiger charge is -2.15. The molecule has 1 aromatic carbocycles. The molecule has 0 unspecified atom stereocenters. The van der Waals surface area contributed by atoms with Gasteiger partial charge in [-0.1, -0.05) is 5.21 Å². The summed E-state index contributed by atoms with van der Waals surface area (Å²) in [4.78, 5) is 13.7. The van der Waals surface area contributed by atoms with Crippen molar-refractivity contribution < 1.29 is 9.53 Å². The topological polar surface area (TPSA) is 60.2 Å². The molecule has 1 saturated heterocycles. The molecule has 0 atom stereocenters. The maximum absolute atomic E-state index is 11.2. The fraction of sp³-hybridized carbons (Fsp3) is 0.438. The van der Waals surface area contributed by atoms with E-state index >= 15 is 0 Å². The zero-order valence-electron chi connectivity index (χ0n) is 12.7. The Balaban J connectivity index is 1.83. The van der Waals surface area contributed by atoms with Crippen LogP contribution in [-0.2, 0) is 6.54 Å². The third-order valence-electron chi connectivity index (χ3n) is 4.06. The first-order valence-corrected chi connectivity index (χ1v) is 7.57. The van der Waals surface area contributed by atoms with Gasteiger partial charge in [0.1, 0.15) is 5.75 Å². The number of benzene rings is 1. The highest BCUT2D eigenvalue weighted by Gasteiger charge is 2.17. The third kappa shape index (κ3) is 3.01. The number of hydrogen-bond donors (Lipinski definition) is 0. The van der Waals surface area contributed by atoms with E-state index < -0.39 is 0 Å².